The lowest BCUT2D eigenvalue weighted by Gasteiger charge is -2.23. The highest BCUT2D eigenvalue weighted by Gasteiger charge is 2.21. The van der Waals surface area contributed by atoms with E-state index in [1.807, 2.05) is 6.07 Å². The summed E-state index contributed by atoms with van der Waals surface area (Å²) in [6.07, 6.45) is 1.22. The van der Waals surface area contributed by atoms with E-state index in [1.54, 1.807) is 0 Å². The highest BCUT2D eigenvalue weighted by molar-refractivity contribution is 5.45. The number of benzene rings is 1. The Morgan fingerprint density at radius 3 is 2.41 bits per heavy atom. The minimum absolute atomic E-state index is 0.356. The van der Waals surface area contributed by atoms with E-state index in [4.69, 9.17) is 9.47 Å². The summed E-state index contributed by atoms with van der Waals surface area (Å²) in [5, 5.41) is 0. The molecule has 0 N–H and O–H groups in total. The van der Waals surface area contributed by atoms with Gasteiger partial charge in [0.15, 0.2) is 11.5 Å². The summed E-state index contributed by atoms with van der Waals surface area (Å²) in [5.41, 5.74) is 1.37. The zero-order chi connectivity index (χ0) is 12.4. The number of hydrogen-bond acceptors (Lipinski definition) is 2. The van der Waals surface area contributed by atoms with Gasteiger partial charge in [0.05, 0.1) is 0 Å². The highest BCUT2D eigenvalue weighted by Crippen LogP contribution is 2.38. The van der Waals surface area contributed by atoms with Crippen LogP contribution in [0.1, 0.15) is 45.6 Å². The van der Waals surface area contributed by atoms with Crippen molar-refractivity contribution in [2.75, 3.05) is 6.79 Å². The molecule has 17 heavy (non-hydrogen) atoms. The van der Waals surface area contributed by atoms with E-state index in [2.05, 4.69) is 39.8 Å². The number of rotatable bonds is 4. The zero-order valence-electron chi connectivity index (χ0n) is 11.2. The van der Waals surface area contributed by atoms with Crippen LogP contribution in [-0.4, -0.2) is 6.79 Å². The predicted octanol–water partition coefficient (Wildman–Crippen LogP) is 4.20. The fourth-order valence-electron chi connectivity index (χ4n) is 2.44. The van der Waals surface area contributed by atoms with Crippen molar-refractivity contribution in [2.24, 2.45) is 11.8 Å². The molecule has 1 heterocycles. The van der Waals surface area contributed by atoms with Gasteiger partial charge in [-0.3, -0.25) is 0 Å². The van der Waals surface area contributed by atoms with Gasteiger partial charge in [-0.15, -0.1) is 0 Å². The molecule has 1 aromatic rings. The highest BCUT2D eigenvalue weighted by atomic mass is 16.7. The van der Waals surface area contributed by atoms with Crippen molar-refractivity contribution >= 4 is 0 Å². The van der Waals surface area contributed by atoms with Crippen LogP contribution < -0.4 is 9.47 Å². The van der Waals surface area contributed by atoms with Crippen LogP contribution in [-0.2, 0) is 0 Å². The van der Waals surface area contributed by atoms with Crippen LogP contribution in [0, 0.1) is 11.8 Å². The minimum atomic E-state index is 0.356. The van der Waals surface area contributed by atoms with Crippen LogP contribution in [0.5, 0.6) is 11.5 Å². The van der Waals surface area contributed by atoms with E-state index >= 15 is 0 Å². The van der Waals surface area contributed by atoms with Gasteiger partial charge in [-0.2, -0.15) is 0 Å². The molecule has 2 nitrogen and oxygen atoms in total. The number of fused-ring (bicyclic) bond motifs is 1. The Labute approximate surface area is 104 Å². The summed E-state index contributed by atoms with van der Waals surface area (Å²) in [5.74, 6) is 3.74. The molecule has 0 saturated carbocycles. The van der Waals surface area contributed by atoms with Crippen LogP contribution >= 0.6 is 0 Å². The third kappa shape index (κ3) is 2.74. The van der Waals surface area contributed by atoms with Gasteiger partial charge < -0.3 is 9.47 Å². The first-order chi connectivity index (χ1) is 8.08. The smallest absolute Gasteiger partial charge is 0.231 e. The van der Waals surface area contributed by atoms with Crippen molar-refractivity contribution in [3.05, 3.63) is 23.8 Å². The topological polar surface area (TPSA) is 18.5 Å². The molecular weight excluding hydrogens is 212 g/mol. The van der Waals surface area contributed by atoms with E-state index in [-0.39, 0.29) is 0 Å². The van der Waals surface area contributed by atoms with Gasteiger partial charge in [0.2, 0.25) is 6.79 Å². The molecule has 0 fully saturated rings. The molecule has 1 atom stereocenters. The van der Waals surface area contributed by atoms with Crippen molar-refractivity contribution in [1.82, 2.24) is 0 Å². The molecule has 0 aromatic heterocycles. The molecule has 0 saturated heterocycles. The molecule has 0 aliphatic carbocycles. The lowest BCUT2D eigenvalue weighted by molar-refractivity contribution is 0.174. The second kappa shape index (κ2) is 4.99. The van der Waals surface area contributed by atoms with Crippen molar-refractivity contribution in [2.45, 2.75) is 40.0 Å². The molecule has 0 bridgehead atoms. The monoisotopic (exact) mass is 234 g/mol. The van der Waals surface area contributed by atoms with Gasteiger partial charge in [0.25, 0.3) is 0 Å². The molecule has 1 unspecified atom stereocenters. The average molecular weight is 234 g/mol. The summed E-state index contributed by atoms with van der Waals surface area (Å²) in [6, 6.07) is 6.36. The summed E-state index contributed by atoms with van der Waals surface area (Å²) in [6.45, 7) is 9.50. The number of ether oxygens (including phenoxy) is 2. The van der Waals surface area contributed by atoms with Crippen molar-refractivity contribution < 1.29 is 9.47 Å². The fraction of sp³-hybridized carbons (Fsp3) is 0.600. The van der Waals surface area contributed by atoms with Gasteiger partial charge in [0.1, 0.15) is 0 Å². The zero-order valence-corrected chi connectivity index (χ0v) is 11.2. The Bertz CT molecular complexity index is 383. The summed E-state index contributed by atoms with van der Waals surface area (Å²) in [4.78, 5) is 0. The van der Waals surface area contributed by atoms with Crippen LogP contribution in [0.15, 0.2) is 18.2 Å². The Morgan fingerprint density at radius 1 is 1.06 bits per heavy atom. The van der Waals surface area contributed by atoms with Crippen LogP contribution in [0.3, 0.4) is 0 Å². The first-order valence-electron chi connectivity index (χ1n) is 6.47. The Hall–Kier alpha value is -1.18. The van der Waals surface area contributed by atoms with E-state index in [1.165, 1.54) is 12.0 Å². The first-order valence-corrected chi connectivity index (χ1v) is 6.47. The quantitative estimate of drug-likeness (QED) is 0.777. The predicted molar refractivity (Wildman–Crippen MR) is 69.6 cm³/mol. The molecule has 0 amide bonds. The van der Waals surface area contributed by atoms with Crippen LogP contribution in [0.25, 0.3) is 0 Å². The van der Waals surface area contributed by atoms with Gasteiger partial charge in [-0.05, 0) is 41.9 Å². The first kappa shape index (κ1) is 12.3. The molecule has 2 rings (SSSR count). The normalized spacial score (nSPS) is 15.6. The van der Waals surface area contributed by atoms with Crippen molar-refractivity contribution in [3.8, 4) is 11.5 Å². The standard InChI is InChI=1S/C15H22O2/c1-10(2)7-13(11(3)4)12-5-6-14-15(8-12)17-9-16-14/h5-6,8,10-11,13H,7,9H2,1-4H3. The second-order valence-corrected chi connectivity index (χ2v) is 5.59. The molecule has 1 aliphatic heterocycles. The Kier molecular flexibility index (Phi) is 3.60. The lowest BCUT2D eigenvalue weighted by atomic mass is 9.82. The molecule has 94 valence electrons. The number of hydrogen-bond donors (Lipinski definition) is 0. The van der Waals surface area contributed by atoms with E-state index in [0.29, 0.717) is 24.5 Å². The maximum atomic E-state index is 5.45. The van der Waals surface area contributed by atoms with Gasteiger partial charge in [0, 0.05) is 0 Å². The lowest BCUT2D eigenvalue weighted by Crippen LogP contribution is -2.09. The second-order valence-electron chi connectivity index (χ2n) is 5.59. The largest absolute Gasteiger partial charge is 0.454 e. The molecule has 2 heteroatoms. The molecule has 0 radical (unpaired) electrons. The van der Waals surface area contributed by atoms with Crippen molar-refractivity contribution in [1.29, 1.82) is 0 Å². The van der Waals surface area contributed by atoms with Crippen molar-refractivity contribution in [3.63, 3.8) is 0 Å². The van der Waals surface area contributed by atoms with E-state index in [0.717, 1.165) is 11.5 Å². The molecular formula is C15H22O2. The van der Waals surface area contributed by atoms with Crippen LogP contribution in [0.4, 0.5) is 0 Å². The maximum Gasteiger partial charge on any atom is 0.231 e. The van der Waals surface area contributed by atoms with Gasteiger partial charge in [-0.25, -0.2) is 0 Å². The fourth-order valence-corrected chi connectivity index (χ4v) is 2.44. The van der Waals surface area contributed by atoms with E-state index < -0.39 is 0 Å². The summed E-state index contributed by atoms with van der Waals surface area (Å²) < 4.78 is 10.8. The SMILES string of the molecule is CC(C)CC(c1ccc2c(c1)OCO2)C(C)C. The molecule has 0 spiro atoms. The Balaban J connectivity index is 2.24. The minimum Gasteiger partial charge on any atom is -0.454 e. The maximum absolute atomic E-state index is 5.45. The average Bonchev–Trinajstić information content (AvgIpc) is 2.72. The van der Waals surface area contributed by atoms with Gasteiger partial charge >= 0.3 is 0 Å². The third-order valence-corrected chi connectivity index (χ3v) is 3.35. The third-order valence-electron chi connectivity index (χ3n) is 3.35. The summed E-state index contributed by atoms with van der Waals surface area (Å²) in [7, 11) is 0. The van der Waals surface area contributed by atoms with E-state index in [9.17, 15) is 0 Å². The molecule has 1 aromatic carbocycles. The van der Waals surface area contributed by atoms with Gasteiger partial charge in [-0.1, -0.05) is 33.8 Å². The van der Waals surface area contributed by atoms with Crippen LogP contribution in [0.2, 0.25) is 0 Å². The molecule has 1 aliphatic rings. The Morgan fingerprint density at radius 2 is 1.76 bits per heavy atom. The summed E-state index contributed by atoms with van der Waals surface area (Å²) >= 11 is 0.